The largest absolute Gasteiger partial charge is 0.486 e. The summed E-state index contributed by atoms with van der Waals surface area (Å²) in [5.41, 5.74) is 6.89. The van der Waals surface area contributed by atoms with Crippen molar-refractivity contribution < 1.29 is 14.6 Å². The lowest BCUT2D eigenvalue weighted by Gasteiger charge is -2.24. The smallest absolute Gasteiger partial charge is 0.161 e. The van der Waals surface area contributed by atoms with Crippen LogP contribution < -0.4 is 15.2 Å². The molecule has 4 heteroatoms. The molecular weight excluding hydrogens is 242 g/mol. The third-order valence-corrected chi connectivity index (χ3v) is 3.98. The van der Waals surface area contributed by atoms with Gasteiger partial charge < -0.3 is 20.3 Å². The minimum absolute atomic E-state index is 0.0172. The standard InChI is InChI=1S/C15H21NO3/c16-9-12(13(17)7-10-1-2-10)11-3-4-14-15(8-11)19-6-5-18-14/h3-4,8,10,12-13,17H,1-2,5-7,9,16H2. The second-order valence-electron chi connectivity index (χ2n) is 5.49. The van der Waals surface area contributed by atoms with Gasteiger partial charge in [-0.25, -0.2) is 0 Å². The maximum atomic E-state index is 10.3. The summed E-state index contributed by atoms with van der Waals surface area (Å²) < 4.78 is 11.1. The Balaban J connectivity index is 1.77. The molecular formula is C15H21NO3. The van der Waals surface area contributed by atoms with E-state index in [0.717, 1.165) is 23.5 Å². The Morgan fingerprint density at radius 2 is 1.95 bits per heavy atom. The third-order valence-electron chi connectivity index (χ3n) is 3.98. The summed E-state index contributed by atoms with van der Waals surface area (Å²) >= 11 is 0. The van der Waals surface area contributed by atoms with Crippen LogP contribution in [-0.2, 0) is 0 Å². The third kappa shape index (κ3) is 2.85. The molecule has 3 rings (SSSR count). The lowest BCUT2D eigenvalue weighted by Crippen LogP contribution is -2.26. The number of ether oxygens (including phenoxy) is 2. The van der Waals surface area contributed by atoms with Gasteiger partial charge in [-0.2, -0.15) is 0 Å². The van der Waals surface area contributed by atoms with E-state index in [1.165, 1.54) is 12.8 Å². The van der Waals surface area contributed by atoms with E-state index in [1.807, 2.05) is 18.2 Å². The zero-order valence-electron chi connectivity index (χ0n) is 11.0. The molecule has 0 amide bonds. The van der Waals surface area contributed by atoms with Gasteiger partial charge in [-0.3, -0.25) is 0 Å². The highest BCUT2D eigenvalue weighted by Gasteiger charge is 2.29. The van der Waals surface area contributed by atoms with Crippen molar-refractivity contribution in [1.29, 1.82) is 0 Å². The van der Waals surface area contributed by atoms with Gasteiger partial charge in [-0.15, -0.1) is 0 Å². The predicted octanol–water partition coefficient (Wildman–Crippen LogP) is 1.66. The Hall–Kier alpha value is -1.26. The summed E-state index contributed by atoms with van der Waals surface area (Å²) in [4.78, 5) is 0. The van der Waals surface area contributed by atoms with Crippen LogP contribution >= 0.6 is 0 Å². The van der Waals surface area contributed by atoms with Crippen molar-refractivity contribution in [2.24, 2.45) is 11.7 Å². The highest BCUT2D eigenvalue weighted by molar-refractivity contribution is 5.45. The number of hydrogen-bond acceptors (Lipinski definition) is 4. The first kappa shape index (κ1) is 12.8. The van der Waals surface area contributed by atoms with Gasteiger partial charge in [0.2, 0.25) is 0 Å². The van der Waals surface area contributed by atoms with Crippen molar-refractivity contribution in [1.82, 2.24) is 0 Å². The van der Waals surface area contributed by atoms with Gasteiger partial charge in [-0.1, -0.05) is 18.9 Å². The van der Waals surface area contributed by atoms with Crippen LogP contribution in [0.4, 0.5) is 0 Å². The summed E-state index contributed by atoms with van der Waals surface area (Å²) in [5.74, 6) is 2.22. The van der Waals surface area contributed by atoms with Crippen molar-refractivity contribution in [3.63, 3.8) is 0 Å². The van der Waals surface area contributed by atoms with Crippen molar-refractivity contribution in [3.8, 4) is 11.5 Å². The zero-order chi connectivity index (χ0) is 13.2. The fourth-order valence-electron chi connectivity index (χ4n) is 2.67. The molecule has 0 bridgehead atoms. The van der Waals surface area contributed by atoms with Crippen LogP contribution in [0.5, 0.6) is 11.5 Å². The van der Waals surface area contributed by atoms with Gasteiger partial charge in [0, 0.05) is 12.5 Å². The Morgan fingerprint density at radius 3 is 2.63 bits per heavy atom. The molecule has 1 aromatic carbocycles. The Morgan fingerprint density at radius 1 is 1.21 bits per heavy atom. The summed E-state index contributed by atoms with van der Waals surface area (Å²) in [6, 6.07) is 5.86. The van der Waals surface area contributed by atoms with Crippen LogP contribution in [0.2, 0.25) is 0 Å². The number of aliphatic hydroxyl groups is 1. The fourth-order valence-corrected chi connectivity index (χ4v) is 2.67. The minimum Gasteiger partial charge on any atom is -0.486 e. The van der Waals surface area contributed by atoms with E-state index in [2.05, 4.69) is 0 Å². The summed E-state index contributed by atoms with van der Waals surface area (Å²) in [6.45, 7) is 1.62. The SMILES string of the molecule is NCC(c1ccc2c(c1)OCCO2)C(O)CC1CC1. The molecule has 2 atom stereocenters. The van der Waals surface area contributed by atoms with E-state index in [9.17, 15) is 5.11 Å². The lowest BCUT2D eigenvalue weighted by atomic mass is 9.90. The van der Waals surface area contributed by atoms with E-state index in [1.54, 1.807) is 0 Å². The predicted molar refractivity (Wildman–Crippen MR) is 72.6 cm³/mol. The fraction of sp³-hybridized carbons (Fsp3) is 0.600. The molecule has 0 radical (unpaired) electrons. The van der Waals surface area contributed by atoms with Gasteiger partial charge in [0.15, 0.2) is 11.5 Å². The van der Waals surface area contributed by atoms with E-state index < -0.39 is 0 Å². The molecule has 0 aromatic heterocycles. The number of fused-ring (bicyclic) bond motifs is 1. The topological polar surface area (TPSA) is 64.7 Å². The number of rotatable bonds is 5. The maximum absolute atomic E-state index is 10.3. The first-order valence-corrected chi connectivity index (χ1v) is 7.05. The Labute approximate surface area is 113 Å². The molecule has 2 unspecified atom stereocenters. The Kier molecular flexibility index (Phi) is 3.62. The van der Waals surface area contributed by atoms with Gasteiger partial charge >= 0.3 is 0 Å². The van der Waals surface area contributed by atoms with Crippen LogP contribution in [0.15, 0.2) is 18.2 Å². The van der Waals surface area contributed by atoms with E-state index in [-0.39, 0.29) is 12.0 Å². The lowest BCUT2D eigenvalue weighted by molar-refractivity contribution is 0.129. The molecule has 0 saturated heterocycles. The molecule has 4 nitrogen and oxygen atoms in total. The Bertz CT molecular complexity index is 445. The normalized spacial score (nSPS) is 20.9. The van der Waals surface area contributed by atoms with E-state index in [4.69, 9.17) is 15.2 Å². The highest BCUT2D eigenvalue weighted by atomic mass is 16.6. The minimum atomic E-state index is -0.361. The summed E-state index contributed by atoms with van der Waals surface area (Å²) in [5, 5.41) is 10.3. The maximum Gasteiger partial charge on any atom is 0.161 e. The number of nitrogens with two attached hydrogens (primary N) is 1. The first-order chi connectivity index (χ1) is 9.28. The second-order valence-corrected chi connectivity index (χ2v) is 5.49. The van der Waals surface area contributed by atoms with Gasteiger partial charge in [0.1, 0.15) is 13.2 Å². The van der Waals surface area contributed by atoms with Gasteiger partial charge in [0.25, 0.3) is 0 Å². The van der Waals surface area contributed by atoms with Crippen LogP contribution in [0, 0.1) is 5.92 Å². The number of hydrogen-bond donors (Lipinski definition) is 2. The summed E-state index contributed by atoms with van der Waals surface area (Å²) in [7, 11) is 0. The molecule has 0 spiro atoms. The van der Waals surface area contributed by atoms with Gasteiger partial charge in [0.05, 0.1) is 6.10 Å². The molecule has 1 fully saturated rings. The molecule has 1 heterocycles. The van der Waals surface area contributed by atoms with Crippen LogP contribution in [-0.4, -0.2) is 31.0 Å². The van der Waals surface area contributed by atoms with Crippen molar-refractivity contribution >= 4 is 0 Å². The molecule has 2 aliphatic rings. The van der Waals surface area contributed by atoms with Gasteiger partial charge in [-0.05, 0) is 30.0 Å². The van der Waals surface area contributed by atoms with Crippen LogP contribution in [0.3, 0.4) is 0 Å². The molecule has 104 valence electrons. The molecule has 1 aliphatic heterocycles. The molecule has 1 aromatic rings. The quantitative estimate of drug-likeness (QED) is 0.848. The van der Waals surface area contributed by atoms with Crippen molar-refractivity contribution in [3.05, 3.63) is 23.8 Å². The average Bonchev–Trinajstić information content (AvgIpc) is 3.23. The summed E-state index contributed by atoms with van der Waals surface area (Å²) in [6.07, 6.45) is 2.99. The monoisotopic (exact) mass is 263 g/mol. The van der Waals surface area contributed by atoms with Crippen LogP contribution in [0.25, 0.3) is 0 Å². The van der Waals surface area contributed by atoms with E-state index >= 15 is 0 Å². The first-order valence-electron chi connectivity index (χ1n) is 7.05. The van der Waals surface area contributed by atoms with Crippen molar-refractivity contribution in [2.45, 2.75) is 31.3 Å². The number of benzene rings is 1. The molecule has 1 aliphatic carbocycles. The molecule has 1 saturated carbocycles. The second kappa shape index (κ2) is 5.39. The zero-order valence-corrected chi connectivity index (χ0v) is 11.0. The van der Waals surface area contributed by atoms with E-state index in [0.29, 0.717) is 25.7 Å². The van der Waals surface area contributed by atoms with Crippen molar-refractivity contribution in [2.75, 3.05) is 19.8 Å². The molecule has 19 heavy (non-hydrogen) atoms. The highest BCUT2D eigenvalue weighted by Crippen LogP contribution is 2.38. The average molecular weight is 263 g/mol. The molecule has 3 N–H and O–H groups in total. The van der Waals surface area contributed by atoms with Crippen LogP contribution in [0.1, 0.15) is 30.7 Å². The number of aliphatic hydroxyl groups excluding tert-OH is 1.